The Morgan fingerprint density at radius 3 is 2.52 bits per heavy atom. The van der Waals surface area contributed by atoms with Crippen LogP contribution in [0.25, 0.3) is 11.0 Å². The molecule has 1 amide bonds. The minimum absolute atomic E-state index is 0.0282. The Morgan fingerprint density at radius 2 is 1.76 bits per heavy atom. The van der Waals surface area contributed by atoms with E-state index in [4.69, 9.17) is 13.9 Å². The molecule has 5 nitrogen and oxygen atoms in total. The molecule has 0 saturated heterocycles. The molecule has 29 heavy (non-hydrogen) atoms. The maximum atomic E-state index is 12.9. The maximum Gasteiger partial charge on any atom is 0.225 e. The Bertz CT molecular complexity index is 1050. The molecule has 3 aromatic rings. The summed E-state index contributed by atoms with van der Waals surface area (Å²) in [5.74, 6) is 1.69. The van der Waals surface area contributed by atoms with E-state index >= 15 is 0 Å². The Hall–Kier alpha value is -2.95. The van der Waals surface area contributed by atoms with Gasteiger partial charge in [0.15, 0.2) is 11.5 Å². The minimum atomic E-state index is -0.111. The zero-order valence-electron chi connectivity index (χ0n) is 17.4. The van der Waals surface area contributed by atoms with Gasteiger partial charge >= 0.3 is 0 Å². The van der Waals surface area contributed by atoms with Gasteiger partial charge in [0.1, 0.15) is 18.8 Å². The number of hydrogen-bond acceptors (Lipinski definition) is 4. The van der Waals surface area contributed by atoms with E-state index in [-0.39, 0.29) is 24.3 Å². The third kappa shape index (κ3) is 3.95. The predicted octanol–water partition coefficient (Wildman–Crippen LogP) is 4.88. The van der Waals surface area contributed by atoms with Crippen LogP contribution in [0.4, 0.5) is 0 Å². The maximum absolute atomic E-state index is 12.9. The summed E-state index contributed by atoms with van der Waals surface area (Å²) < 4.78 is 17.0. The van der Waals surface area contributed by atoms with Crippen molar-refractivity contribution in [2.75, 3.05) is 13.2 Å². The van der Waals surface area contributed by atoms with Crippen molar-refractivity contribution in [2.24, 2.45) is 5.92 Å². The SMILES string of the molecule is Cc1cc2occ(CC(=O)NC(c3ccc4c(c3)OCCO4)C(C)C)c2cc1C. The second-order valence-corrected chi connectivity index (χ2v) is 8.06. The van der Waals surface area contributed by atoms with Crippen LogP contribution in [0.1, 0.15) is 42.1 Å². The van der Waals surface area contributed by atoms with Gasteiger partial charge in [-0.3, -0.25) is 4.79 Å². The van der Waals surface area contributed by atoms with Crippen LogP contribution in [0.3, 0.4) is 0 Å². The lowest BCUT2D eigenvalue weighted by Gasteiger charge is -2.25. The molecule has 0 fully saturated rings. The van der Waals surface area contributed by atoms with E-state index in [1.54, 1.807) is 6.26 Å². The summed E-state index contributed by atoms with van der Waals surface area (Å²) in [4.78, 5) is 12.9. The standard InChI is InChI=1S/C24H27NO4/c1-14(2)24(17-5-6-20-22(11-17)28-8-7-27-20)25-23(26)12-18-13-29-21-10-16(4)15(3)9-19(18)21/h5-6,9-11,13-14,24H,7-8,12H2,1-4H3,(H,25,26). The molecule has 2 heterocycles. The van der Waals surface area contributed by atoms with E-state index in [9.17, 15) is 4.79 Å². The Kier molecular flexibility index (Phi) is 5.22. The van der Waals surface area contributed by atoms with Crippen molar-refractivity contribution in [1.29, 1.82) is 0 Å². The first-order valence-corrected chi connectivity index (χ1v) is 10.1. The van der Waals surface area contributed by atoms with Crippen molar-refractivity contribution in [3.8, 4) is 11.5 Å². The van der Waals surface area contributed by atoms with Crippen molar-refractivity contribution >= 4 is 16.9 Å². The quantitative estimate of drug-likeness (QED) is 0.671. The number of benzene rings is 2. The first-order chi connectivity index (χ1) is 13.9. The molecule has 0 radical (unpaired) electrons. The molecule has 1 aliphatic heterocycles. The molecule has 1 N–H and O–H groups in total. The fourth-order valence-corrected chi connectivity index (χ4v) is 3.76. The minimum Gasteiger partial charge on any atom is -0.486 e. The molecule has 1 unspecified atom stereocenters. The van der Waals surface area contributed by atoms with Gasteiger partial charge in [0.05, 0.1) is 18.7 Å². The fourth-order valence-electron chi connectivity index (χ4n) is 3.76. The van der Waals surface area contributed by atoms with Gasteiger partial charge in [-0.05, 0) is 60.7 Å². The van der Waals surface area contributed by atoms with Crippen molar-refractivity contribution < 1.29 is 18.7 Å². The fraction of sp³-hybridized carbons (Fsp3) is 0.375. The van der Waals surface area contributed by atoms with Gasteiger partial charge in [-0.2, -0.15) is 0 Å². The molecule has 0 spiro atoms. The van der Waals surface area contributed by atoms with Gasteiger partial charge in [0.2, 0.25) is 5.91 Å². The predicted molar refractivity (Wildman–Crippen MR) is 113 cm³/mol. The topological polar surface area (TPSA) is 60.7 Å². The number of carbonyl (C=O) groups excluding carboxylic acids is 1. The molecule has 1 aromatic heterocycles. The second-order valence-electron chi connectivity index (χ2n) is 8.06. The second kappa shape index (κ2) is 7.82. The van der Waals surface area contributed by atoms with Crippen LogP contribution in [0.15, 0.2) is 41.0 Å². The smallest absolute Gasteiger partial charge is 0.225 e. The number of fused-ring (bicyclic) bond motifs is 2. The lowest BCUT2D eigenvalue weighted by molar-refractivity contribution is -0.121. The van der Waals surface area contributed by atoms with Crippen LogP contribution in [0, 0.1) is 19.8 Å². The van der Waals surface area contributed by atoms with Gasteiger partial charge in [-0.25, -0.2) is 0 Å². The highest BCUT2D eigenvalue weighted by atomic mass is 16.6. The van der Waals surface area contributed by atoms with Crippen molar-refractivity contribution in [2.45, 2.75) is 40.2 Å². The van der Waals surface area contributed by atoms with E-state index in [1.807, 2.05) is 24.3 Å². The van der Waals surface area contributed by atoms with E-state index in [0.29, 0.717) is 13.2 Å². The van der Waals surface area contributed by atoms with E-state index in [1.165, 1.54) is 11.1 Å². The zero-order valence-corrected chi connectivity index (χ0v) is 17.4. The lowest BCUT2D eigenvalue weighted by atomic mass is 9.95. The van der Waals surface area contributed by atoms with Crippen LogP contribution in [-0.4, -0.2) is 19.1 Å². The Balaban J connectivity index is 1.53. The number of nitrogens with one attached hydrogen (secondary N) is 1. The van der Waals surface area contributed by atoms with Crippen LogP contribution >= 0.6 is 0 Å². The molecule has 0 bridgehead atoms. The van der Waals surface area contributed by atoms with E-state index < -0.39 is 0 Å². The first-order valence-electron chi connectivity index (χ1n) is 10.1. The van der Waals surface area contributed by atoms with Gasteiger partial charge in [-0.1, -0.05) is 19.9 Å². The molecular formula is C24H27NO4. The molecule has 4 rings (SSSR count). The molecular weight excluding hydrogens is 366 g/mol. The van der Waals surface area contributed by atoms with Crippen LogP contribution in [0.5, 0.6) is 11.5 Å². The highest BCUT2D eigenvalue weighted by Crippen LogP contribution is 2.34. The summed E-state index contributed by atoms with van der Waals surface area (Å²) in [6.07, 6.45) is 1.97. The third-order valence-electron chi connectivity index (χ3n) is 5.53. The van der Waals surface area contributed by atoms with Gasteiger partial charge < -0.3 is 19.2 Å². The number of aryl methyl sites for hydroxylation is 2. The number of hydrogen-bond donors (Lipinski definition) is 1. The summed E-state index contributed by atoms with van der Waals surface area (Å²) in [6, 6.07) is 9.90. The van der Waals surface area contributed by atoms with Gasteiger partial charge in [0.25, 0.3) is 0 Å². The van der Waals surface area contributed by atoms with E-state index in [2.05, 4.69) is 39.1 Å². The largest absolute Gasteiger partial charge is 0.486 e. The molecule has 5 heteroatoms. The molecule has 2 aromatic carbocycles. The number of carbonyl (C=O) groups is 1. The normalized spacial score (nSPS) is 14.2. The number of amides is 1. The van der Waals surface area contributed by atoms with E-state index in [0.717, 1.165) is 33.6 Å². The zero-order chi connectivity index (χ0) is 20.5. The van der Waals surface area contributed by atoms with Crippen molar-refractivity contribution in [1.82, 2.24) is 5.32 Å². The average molecular weight is 393 g/mol. The third-order valence-corrected chi connectivity index (χ3v) is 5.53. The molecule has 1 atom stereocenters. The highest BCUT2D eigenvalue weighted by Gasteiger charge is 2.22. The highest BCUT2D eigenvalue weighted by molar-refractivity contribution is 5.88. The number of furan rings is 1. The molecule has 0 saturated carbocycles. The number of ether oxygens (including phenoxy) is 2. The number of rotatable bonds is 5. The summed E-state index contributed by atoms with van der Waals surface area (Å²) in [7, 11) is 0. The van der Waals surface area contributed by atoms with Crippen molar-refractivity contribution in [3.63, 3.8) is 0 Å². The summed E-state index contributed by atoms with van der Waals surface area (Å²) in [6.45, 7) is 9.44. The summed E-state index contributed by atoms with van der Waals surface area (Å²) in [5, 5.41) is 4.19. The van der Waals surface area contributed by atoms with Crippen molar-refractivity contribution in [3.05, 3.63) is 58.8 Å². The average Bonchev–Trinajstić information content (AvgIpc) is 3.07. The Morgan fingerprint density at radius 1 is 1.03 bits per heavy atom. The molecule has 152 valence electrons. The van der Waals surface area contributed by atoms with Crippen LogP contribution in [0.2, 0.25) is 0 Å². The lowest BCUT2D eigenvalue weighted by Crippen LogP contribution is -2.33. The van der Waals surface area contributed by atoms with Gasteiger partial charge in [0, 0.05) is 10.9 Å². The van der Waals surface area contributed by atoms with Crippen LogP contribution in [-0.2, 0) is 11.2 Å². The van der Waals surface area contributed by atoms with Gasteiger partial charge in [-0.15, -0.1) is 0 Å². The van der Waals surface area contributed by atoms with Crippen LogP contribution < -0.4 is 14.8 Å². The Labute approximate surface area is 171 Å². The molecule has 1 aliphatic rings. The summed E-state index contributed by atoms with van der Waals surface area (Å²) >= 11 is 0. The summed E-state index contributed by atoms with van der Waals surface area (Å²) in [5.41, 5.74) is 5.12. The first kappa shape index (κ1) is 19.4. The molecule has 0 aliphatic carbocycles. The monoisotopic (exact) mass is 393 g/mol.